The van der Waals surface area contributed by atoms with Crippen LogP contribution in [0.15, 0.2) is 48.5 Å². The maximum absolute atomic E-state index is 12.3. The SMILES string of the molecule is CCCc1nc(C(C)(C)O)c(C(=O)O)n1Cc1ccc(-c2ccccc2-c2nnn(C(=O)OCCCCO[N+](=O)[O-])n2)cc1. The number of hydrogen-bond donors (Lipinski definition) is 2. The van der Waals surface area contributed by atoms with E-state index in [9.17, 15) is 29.9 Å². The Morgan fingerprint density at radius 3 is 2.36 bits per heavy atom. The number of carboxylic acid groups (broad SMARTS) is 1. The second-order valence-electron chi connectivity index (χ2n) is 10.4. The number of aromatic carboxylic acids is 1. The van der Waals surface area contributed by atoms with Gasteiger partial charge in [-0.1, -0.05) is 60.3 Å². The number of rotatable bonds is 14. The van der Waals surface area contributed by atoms with E-state index in [1.807, 2.05) is 43.3 Å². The molecule has 4 aromatic rings. The first-order chi connectivity index (χ1) is 21.0. The minimum Gasteiger partial charge on any atom is -0.477 e. The number of tetrazole rings is 1. The summed E-state index contributed by atoms with van der Waals surface area (Å²) in [5.74, 6) is -0.365. The van der Waals surface area contributed by atoms with Crippen LogP contribution in [0.4, 0.5) is 4.79 Å². The van der Waals surface area contributed by atoms with Crippen LogP contribution in [0.25, 0.3) is 22.5 Å². The van der Waals surface area contributed by atoms with Crippen molar-refractivity contribution in [1.29, 1.82) is 0 Å². The number of imidazole rings is 1. The average Bonchev–Trinajstić information content (AvgIpc) is 3.61. The van der Waals surface area contributed by atoms with Crippen LogP contribution in [0.5, 0.6) is 0 Å². The van der Waals surface area contributed by atoms with Gasteiger partial charge >= 0.3 is 12.1 Å². The number of carbonyl (C=O) groups excluding carboxylic acids is 1. The van der Waals surface area contributed by atoms with E-state index < -0.39 is 22.8 Å². The van der Waals surface area contributed by atoms with E-state index in [1.54, 1.807) is 16.7 Å². The Hall–Kier alpha value is -5.18. The summed E-state index contributed by atoms with van der Waals surface area (Å²) in [7, 11) is 0. The van der Waals surface area contributed by atoms with Crippen molar-refractivity contribution in [2.45, 2.75) is 58.6 Å². The molecular weight excluding hydrogens is 574 g/mol. The number of aliphatic hydroxyl groups is 1. The quantitative estimate of drug-likeness (QED) is 0.118. The zero-order valence-electron chi connectivity index (χ0n) is 24.5. The fourth-order valence-electron chi connectivity index (χ4n) is 4.59. The molecule has 2 heterocycles. The van der Waals surface area contributed by atoms with Gasteiger partial charge in [0, 0.05) is 18.5 Å². The monoisotopic (exact) mass is 607 g/mol. The first kappa shape index (κ1) is 31.7. The number of unbranched alkanes of at least 4 members (excludes halogenated alkanes) is 1. The maximum atomic E-state index is 12.3. The second-order valence-corrected chi connectivity index (χ2v) is 10.4. The molecule has 15 heteroatoms. The van der Waals surface area contributed by atoms with Crippen LogP contribution < -0.4 is 0 Å². The van der Waals surface area contributed by atoms with Crippen LogP contribution in [0.2, 0.25) is 0 Å². The molecule has 0 atom stereocenters. The number of hydrogen-bond acceptors (Lipinski definition) is 11. The minimum atomic E-state index is -1.42. The first-order valence-electron chi connectivity index (χ1n) is 14.0. The lowest BCUT2D eigenvalue weighted by molar-refractivity contribution is -0.757. The van der Waals surface area contributed by atoms with Crippen molar-refractivity contribution in [3.05, 3.63) is 81.4 Å². The topological polar surface area (TPSA) is 198 Å². The van der Waals surface area contributed by atoms with Gasteiger partial charge in [-0.2, -0.15) is 0 Å². The molecule has 2 aromatic heterocycles. The Morgan fingerprint density at radius 1 is 1.05 bits per heavy atom. The molecule has 0 saturated heterocycles. The highest BCUT2D eigenvalue weighted by molar-refractivity contribution is 5.87. The summed E-state index contributed by atoms with van der Waals surface area (Å²) in [6.45, 7) is 5.18. The number of carbonyl (C=O) groups is 2. The zero-order chi connectivity index (χ0) is 31.9. The van der Waals surface area contributed by atoms with Gasteiger partial charge in [-0.05, 0) is 55.0 Å². The lowest BCUT2D eigenvalue weighted by atomic mass is 9.98. The Kier molecular flexibility index (Phi) is 10.0. The predicted octanol–water partition coefficient (Wildman–Crippen LogP) is 4.10. The summed E-state index contributed by atoms with van der Waals surface area (Å²) in [5.41, 5.74) is 1.75. The Morgan fingerprint density at radius 2 is 1.73 bits per heavy atom. The van der Waals surface area contributed by atoms with Gasteiger partial charge in [0.1, 0.15) is 17.1 Å². The number of aryl methyl sites for hydroxylation is 1. The molecule has 4 rings (SSSR count). The summed E-state index contributed by atoms with van der Waals surface area (Å²) >= 11 is 0. The van der Waals surface area contributed by atoms with E-state index in [0.29, 0.717) is 30.7 Å². The normalized spacial score (nSPS) is 11.4. The molecule has 0 aliphatic heterocycles. The zero-order valence-corrected chi connectivity index (χ0v) is 24.5. The van der Waals surface area contributed by atoms with Crippen LogP contribution in [0, 0.1) is 10.1 Å². The van der Waals surface area contributed by atoms with E-state index in [0.717, 1.165) is 27.9 Å². The molecule has 0 spiro atoms. The van der Waals surface area contributed by atoms with Crippen molar-refractivity contribution in [1.82, 2.24) is 29.8 Å². The van der Waals surface area contributed by atoms with Crippen molar-refractivity contribution in [3.8, 4) is 22.5 Å². The molecule has 232 valence electrons. The van der Waals surface area contributed by atoms with E-state index >= 15 is 0 Å². The number of nitrogens with zero attached hydrogens (tertiary/aromatic N) is 7. The predicted molar refractivity (Wildman–Crippen MR) is 155 cm³/mol. The molecule has 0 fully saturated rings. The standard InChI is InChI=1S/C29H33N7O8/c1-4-9-23-30-25(29(2,3)40)24(27(37)38)34(23)18-19-12-14-20(15-13-19)21-10-5-6-11-22(21)26-31-33-35(32-26)28(39)43-16-7-8-17-44-36(41)42/h5-6,10-15,40H,4,7-9,16-18H2,1-3H3,(H,37,38). The highest BCUT2D eigenvalue weighted by Crippen LogP contribution is 2.31. The molecule has 2 aromatic carbocycles. The summed E-state index contributed by atoms with van der Waals surface area (Å²) < 4.78 is 6.75. The summed E-state index contributed by atoms with van der Waals surface area (Å²) in [6.07, 6.45) is 1.17. The minimum absolute atomic E-state index is 0.00571. The third-order valence-corrected chi connectivity index (χ3v) is 6.61. The molecule has 0 saturated carbocycles. The highest BCUT2D eigenvalue weighted by atomic mass is 16.9. The van der Waals surface area contributed by atoms with Crippen LogP contribution >= 0.6 is 0 Å². The van der Waals surface area contributed by atoms with E-state index in [-0.39, 0.29) is 37.0 Å². The lowest BCUT2D eigenvalue weighted by Gasteiger charge is -2.16. The smallest absolute Gasteiger partial charge is 0.453 e. The summed E-state index contributed by atoms with van der Waals surface area (Å²) in [6, 6.07) is 14.9. The largest absolute Gasteiger partial charge is 0.477 e. The molecule has 2 N–H and O–H groups in total. The van der Waals surface area contributed by atoms with Crippen LogP contribution in [-0.2, 0) is 28.1 Å². The Balaban J connectivity index is 1.51. The first-order valence-corrected chi connectivity index (χ1v) is 14.0. The van der Waals surface area contributed by atoms with Gasteiger partial charge in [-0.25, -0.2) is 14.6 Å². The van der Waals surface area contributed by atoms with Gasteiger partial charge in [-0.15, -0.1) is 20.3 Å². The van der Waals surface area contributed by atoms with Gasteiger partial charge in [0.15, 0.2) is 5.69 Å². The number of benzene rings is 2. The molecular formula is C29H33N7O8. The third-order valence-electron chi connectivity index (χ3n) is 6.61. The van der Waals surface area contributed by atoms with Gasteiger partial charge in [-0.3, -0.25) is 0 Å². The Labute approximate surface area is 252 Å². The van der Waals surface area contributed by atoms with E-state index in [2.05, 4.69) is 25.2 Å². The average molecular weight is 608 g/mol. The molecule has 0 aliphatic carbocycles. The van der Waals surface area contributed by atoms with Crippen molar-refractivity contribution in [3.63, 3.8) is 0 Å². The van der Waals surface area contributed by atoms with Gasteiger partial charge in [0.25, 0.3) is 5.09 Å². The van der Waals surface area contributed by atoms with Crippen LogP contribution in [0.1, 0.15) is 67.6 Å². The van der Waals surface area contributed by atoms with Gasteiger partial charge in [0.2, 0.25) is 5.82 Å². The van der Waals surface area contributed by atoms with Gasteiger partial charge in [0.05, 0.1) is 13.2 Å². The van der Waals surface area contributed by atoms with E-state index in [1.165, 1.54) is 13.8 Å². The molecule has 0 amide bonds. The fraction of sp³-hybridized carbons (Fsp3) is 0.379. The van der Waals surface area contributed by atoms with E-state index in [4.69, 9.17) is 4.74 Å². The van der Waals surface area contributed by atoms with Gasteiger partial charge < -0.3 is 24.4 Å². The molecule has 44 heavy (non-hydrogen) atoms. The van der Waals surface area contributed by atoms with Crippen molar-refractivity contribution in [2.75, 3.05) is 13.2 Å². The molecule has 0 aliphatic rings. The Bertz CT molecular complexity index is 1620. The molecule has 0 bridgehead atoms. The fourth-order valence-corrected chi connectivity index (χ4v) is 4.59. The van der Waals surface area contributed by atoms with Crippen molar-refractivity contribution >= 4 is 12.1 Å². The lowest BCUT2D eigenvalue weighted by Crippen LogP contribution is -2.22. The van der Waals surface area contributed by atoms with Crippen LogP contribution in [0.3, 0.4) is 0 Å². The van der Waals surface area contributed by atoms with Crippen molar-refractivity contribution < 1.29 is 34.5 Å². The summed E-state index contributed by atoms with van der Waals surface area (Å²) in [5, 5.41) is 41.9. The highest BCUT2D eigenvalue weighted by Gasteiger charge is 2.31. The molecule has 0 radical (unpaired) electrons. The number of ether oxygens (including phenoxy) is 1. The maximum Gasteiger partial charge on any atom is 0.453 e. The van der Waals surface area contributed by atoms with Crippen LogP contribution in [-0.4, -0.2) is 70.3 Å². The molecule has 15 nitrogen and oxygen atoms in total. The summed E-state index contributed by atoms with van der Waals surface area (Å²) in [4.78, 5) is 44.2. The number of aromatic nitrogens is 6. The molecule has 0 unspecified atom stereocenters. The van der Waals surface area contributed by atoms with Crippen molar-refractivity contribution in [2.24, 2.45) is 0 Å². The number of carboxylic acids is 1. The second kappa shape index (κ2) is 13.9. The third kappa shape index (κ3) is 7.60.